The van der Waals surface area contributed by atoms with Gasteiger partial charge in [-0.3, -0.25) is 5.32 Å². The van der Waals surface area contributed by atoms with E-state index in [0.717, 1.165) is 17.7 Å². The van der Waals surface area contributed by atoms with Crippen molar-refractivity contribution in [3.05, 3.63) is 71.0 Å². The third-order valence-corrected chi connectivity index (χ3v) is 2.83. The maximum Gasteiger partial charge on any atom is 0.131 e. The SMILES string of the molecule is N#CC(NCc1ccc(F)cc1)c1ccc(F)cc1F. The number of rotatable bonds is 4. The minimum atomic E-state index is -0.902. The molecule has 0 fully saturated rings. The summed E-state index contributed by atoms with van der Waals surface area (Å²) in [6.45, 7) is 0.273. The molecule has 1 N–H and O–H groups in total. The largest absolute Gasteiger partial charge is 0.294 e. The van der Waals surface area contributed by atoms with E-state index >= 15 is 0 Å². The Kier molecular flexibility index (Phi) is 4.38. The van der Waals surface area contributed by atoms with Gasteiger partial charge in [0.25, 0.3) is 0 Å². The molecule has 0 spiro atoms. The van der Waals surface area contributed by atoms with Crippen LogP contribution in [0.2, 0.25) is 0 Å². The number of benzene rings is 2. The van der Waals surface area contributed by atoms with Gasteiger partial charge in [-0.05, 0) is 23.8 Å². The van der Waals surface area contributed by atoms with Crippen molar-refractivity contribution in [2.24, 2.45) is 0 Å². The van der Waals surface area contributed by atoms with Crippen molar-refractivity contribution in [1.82, 2.24) is 5.32 Å². The van der Waals surface area contributed by atoms with Crippen molar-refractivity contribution >= 4 is 0 Å². The Balaban J connectivity index is 2.09. The summed E-state index contributed by atoms with van der Waals surface area (Å²) in [5.41, 5.74) is 0.838. The number of hydrogen-bond donors (Lipinski definition) is 1. The Labute approximate surface area is 114 Å². The normalized spacial score (nSPS) is 11.9. The first-order valence-corrected chi connectivity index (χ1v) is 5.92. The fourth-order valence-electron chi connectivity index (χ4n) is 1.78. The predicted octanol–water partition coefficient (Wildman–Crippen LogP) is 3.46. The molecule has 0 amide bonds. The summed E-state index contributed by atoms with van der Waals surface area (Å²) in [5.74, 6) is -1.82. The molecule has 102 valence electrons. The molecule has 1 unspecified atom stereocenters. The number of halogens is 3. The smallest absolute Gasteiger partial charge is 0.131 e. The van der Waals surface area contributed by atoms with Crippen LogP contribution in [0.3, 0.4) is 0 Å². The maximum atomic E-state index is 13.6. The molecule has 0 aliphatic heterocycles. The third kappa shape index (κ3) is 3.37. The Morgan fingerprint density at radius 3 is 2.25 bits per heavy atom. The van der Waals surface area contributed by atoms with Crippen molar-refractivity contribution in [3.8, 4) is 6.07 Å². The molecule has 1 atom stereocenters. The van der Waals surface area contributed by atoms with Gasteiger partial charge in [-0.1, -0.05) is 18.2 Å². The summed E-state index contributed by atoms with van der Waals surface area (Å²) in [5, 5.41) is 11.9. The molecule has 2 rings (SSSR count). The van der Waals surface area contributed by atoms with Gasteiger partial charge in [-0.2, -0.15) is 5.26 Å². The Morgan fingerprint density at radius 2 is 1.65 bits per heavy atom. The molecule has 0 aliphatic rings. The molecule has 0 saturated carbocycles. The fourth-order valence-corrected chi connectivity index (χ4v) is 1.78. The highest BCUT2D eigenvalue weighted by molar-refractivity contribution is 5.27. The highest BCUT2D eigenvalue weighted by atomic mass is 19.1. The fraction of sp³-hybridized carbons (Fsp3) is 0.133. The van der Waals surface area contributed by atoms with Crippen molar-refractivity contribution < 1.29 is 13.2 Å². The maximum absolute atomic E-state index is 13.6. The predicted molar refractivity (Wildman–Crippen MR) is 68.0 cm³/mol. The molecule has 2 aromatic rings. The van der Waals surface area contributed by atoms with E-state index in [1.807, 2.05) is 6.07 Å². The van der Waals surface area contributed by atoms with E-state index in [1.54, 1.807) is 12.1 Å². The van der Waals surface area contributed by atoms with Gasteiger partial charge in [-0.25, -0.2) is 13.2 Å². The third-order valence-electron chi connectivity index (χ3n) is 2.83. The van der Waals surface area contributed by atoms with Gasteiger partial charge in [0.2, 0.25) is 0 Å². The highest BCUT2D eigenvalue weighted by Gasteiger charge is 2.15. The van der Waals surface area contributed by atoms with Gasteiger partial charge in [0, 0.05) is 18.2 Å². The summed E-state index contributed by atoms with van der Waals surface area (Å²) in [7, 11) is 0. The van der Waals surface area contributed by atoms with Crippen LogP contribution in [0, 0.1) is 28.8 Å². The van der Waals surface area contributed by atoms with Crippen LogP contribution in [0.15, 0.2) is 42.5 Å². The zero-order valence-corrected chi connectivity index (χ0v) is 10.4. The summed E-state index contributed by atoms with van der Waals surface area (Å²) >= 11 is 0. The average Bonchev–Trinajstić information content (AvgIpc) is 2.43. The van der Waals surface area contributed by atoms with Crippen LogP contribution < -0.4 is 5.32 Å². The van der Waals surface area contributed by atoms with Gasteiger partial charge in [0.1, 0.15) is 23.5 Å². The van der Waals surface area contributed by atoms with Crippen molar-refractivity contribution in [2.45, 2.75) is 12.6 Å². The second-order valence-electron chi connectivity index (χ2n) is 4.24. The van der Waals surface area contributed by atoms with Crippen molar-refractivity contribution in [2.75, 3.05) is 0 Å². The number of nitrogens with one attached hydrogen (secondary N) is 1. The molecule has 2 aromatic carbocycles. The zero-order chi connectivity index (χ0) is 14.5. The van der Waals surface area contributed by atoms with E-state index in [-0.39, 0.29) is 17.9 Å². The van der Waals surface area contributed by atoms with E-state index in [4.69, 9.17) is 5.26 Å². The molecule has 0 aliphatic carbocycles. The molecular weight excluding hydrogens is 265 g/mol. The van der Waals surface area contributed by atoms with E-state index in [1.165, 1.54) is 18.2 Å². The first-order valence-electron chi connectivity index (χ1n) is 5.92. The number of nitriles is 1. The lowest BCUT2D eigenvalue weighted by Gasteiger charge is -2.12. The summed E-state index contributed by atoms with van der Waals surface area (Å²) < 4.78 is 39.2. The highest BCUT2D eigenvalue weighted by Crippen LogP contribution is 2.18. The standard InChI is InChI=1S/C15H11F3N2/c16-11-3-1-10(2-4-11)9-20-15(8-19)13-6-5-12(17)7-14(13)18/h1-7,15,20H,9H2. The van der Waals surface area contributed by atoms with Gasteiger partial charge in [-0.15, -0.1) is 0 Å². The van der Waals surface area contributed by atoms with E-state index in [9.17, 15) is 13.2 Å². The summed E-state index contributed by atoms with van der Waals surface area (Å²) in [6, 6.07) is 9.82. The van der Waals surface area contributed by atoms with Crippen LogP contribution in [0.1, 0.15) is 17.2 Å². The first kappa shape index (κ1) is 14.1. The van der Waals surface area contributed by atoms with Crippen molar-refractivity contribution in [1.29, 1.82) is 5.26 Å². The Hall–Kier alpha value is -2.32. The van der Waals surface area contributed by atoms with Gasteiger partial charge in [0.15, 0.2) is 0 Å². The monoisotopic (exact) mass is 276 g/mol. The van der Waals surface area contributed by atoms with Crippen LogP contribution in [-0.2, 0) is 6.54 Å². The zero-order valence-electron chi connectivity index (χ0n) is 10.4. The second-order valence-corrected chi connectivity index (χ2v) is 4.24. The topological polar surface area (TPSA) is 35.8 Å². The molecule has 0 heterocycles. The summed E-state index contributed by atoms with van der Waals surface area (Å²) in [6.07, 6.45) is 0. The van der Waals surface area contributed by atoms with Crippen LogP contribution in [0.4, 0.5) is 13.2 Å². The van der Waals surface area contributed by atoms with Crippen LogP contribution in [-0.4, -0.2) is 0 Å². The minimum absolute atomic E-state index is 0.0796. The molecule has 0 bridgehead atoms. The lowest BCUT2D eigenvalue weighted by Crippen LogP contribution is -2.20. The van der Waals surface area contributed by atoms with Gasteiger partial charge in [0.05, 0.1) is 6.07 Å². The van der Waals surface area contributed by atoms with Gasteiger partial charge >= 0.3 is 0 Å². The van der Waals surface area contributed by atoms with E-state index < -0.39 is 17.7 Å². The Bertz CT molecular complexity index is 633. The molecule has 5 heteroatoms. The molecule has 0 radical (unpaired) electrons. The minimum Gasteiger partial charge on any atom is -0.294 e. The van der Waals surface area contributed by atoms with Gasteiger partial charge < -0.3 is 0 Å². The number of hydrogen-bond acceptors (Lipinski definition) is 2. The molecule has 0 aromatic heterocycles. The Morgan fingerprint density at radius 1 is 1.00 bits per heavy atom. The molecule has 2 nitrogen and oxygen atoms in total. The molecular formula is C15H11F3N2. The lowest BCUT2D eigenvalue weighted by atomic mass is 10.1. The van der Waals surface area contributed by atoms with E-state index in [2.05, 4.69) is 5.32 Å². The lowest BCUT2D eigenvalue weighted by molar-refractivity contribution is 0.543. The van der Waals surface area contributed by atoms with Crippen LogP contribution in [0.25, 0.3) is 0 Å². The van der Waals surface area contributed by atoms with Crippen LogP contribution in [0.5, 0.6) is 0 Å². The number of nitrogens with zero attached hydrogens (tertiary/aromatic N) is 1. The van der Waals surface area contributed by atoms with Crippen molar-refractivity contribution in [3.63, 3.8) is 0 Å². The van der Waals surface area contributed by atoms with E-state index in [0.29, 0.717) is 0 Å². The first-order chi connectivity index (χ1) is 9.60. The molecule has 20 heavy (non-hydrogen) atoms. The van der Waals surface area contributed by atoms with Crippen LogP contribution >= 0.6 is 0 Å². The second kappa shape index (κ2) is 6.22. The average molecular weight is 276 g/mol. The quantitative estimate of drug-likeness (QED) is 0.928. The molecule has 0 saturated heterocycles. The summed E-state index contributed by atoms with van der Waals surface area (Å²) in [4.78, 5) is 0.